The third-order valence-electron chi connectivity index (χ3n) is 12.2. The van der Waals surface area contributed by atoms with E-state index in [9.17, 15) is 15.0 Å². The first-order chi connectivity index (χ1) is 16.1. The highest BCUT2D eigenvalue weighted by Gasteiger charge is 2.63. The van der Waals surface area contributed by atoms with E-state index in [2.05, 4.69) is 37.6 Å². The maximum absolute atomic E-state index is 12.9. The van der Waals surface area contributed by atoms with Crippen LogP contribution in [0.15, 0.2) is 0 Å². The molecule has 10 atom stereocenters. The van der Waals surface area contributed by atoms with E-state index in [1.54, 1.807) is 0 Å². The lowest BCUT2D eigenvalue weighted by molar-refractivity contribution is -0.175. The van der Waals surface area contributed by atoms with Crippen LogP contribution < -0.4 is 0 Å². The van der Waals surface area contributed by atoms with Crippen molar-refractivity contribution >= 4 is 5.91 Å². The number of piperazine rings is 1. The number of hydrogen-bond donors (Lipinski definition) is 2. The zero-order chi connectivity index (χ0) is 24.3. The molecule has 1 saturated heterocycles. The molecule has 4 saturated carbocycles. The molecule has 5 nitrogen and oxygen atoms in total. The van der Waals surface area contributed by atoms with Gasteiger partial charge in [0.1, 0.15) is 0 Å². The Bertz CT molecular complexity index is 752. The Morgan fingerprint density at radius 3 is 2.44 bits per heavy atom. The minimum absolute atomic E-state index is 0.00511. The molecule has 34 heavy (non-hydrogen) atoms. The van der Waals surface area contributed by atoms with Crippen LogP contribution in [0.1, 0.15) is 85.0 Å². The normalized spacial score (nSPS) is 48.1. The van der Waals surface area contributed by atoms with Crippen LogP contribution in [0.25, 0.3) is 0 Å². The fraction of sp³-hybridized carbons (Fsp3) is 0.966. The Hall–Kier alpha value is -0.650. The molecule has 5 fully saturated rings. The van der Waals surface area contributed by atoms with Crippen molar-refractivity contribution in [2.24, 2.45) is 46.3 Å². The van der Waals surface area contributed by atoms with E-state index in [0.29, 0.717) is 47.3 Å². The quantitative estimate of drug-likeness (QED) is 0.642. The second kappa shape index (κ2) is 9.34. The van der Waals surface area contributed by atoms with Crippen molar-refractivity contribution in [1.29, 1.82) is 0 Å². The van der Waals surface area contributed by atoms with Gasteiger partial charge in [-0.1, -0.05) is 20.8 Å². The monoisotopic (exact) mass is 474 g/mol. The zero-order valence-corrected chi connectivity index (χ0v) is 22.2. The summed E-state index contributed by atoms with van der Waals surface area (Å²) in [7, 11) is 2.13. The molecule has 1 aliphatic heterocycles. The van der Waals surface area contributed by atoms with E-state index in [1.165, 1.54) is 25.7 Å². The van der Waals surface area contributed by atoms with Gasteiger partial charge in [0, 0.05) is 32.6 Å². The summed E-state index contributed by atoms with van der Waals surface area (Å²) in [4.78, 5) is 17.2. The predicted molar refractivity (Wildman–Crippen MR) is 135 cm³/mol. The van der Waals surface area contributed by atoms with Crippen LogP contribution in [0.4, 0.5) is 0 Å². The fourth-order valence-electron chi connectivity index (χ4n) is 9.93. The second-order valence-electron chi connectivity index (χ2n) is 13.6. The summed E-state index contributed by atoms with van der Waals surface area (Å²) in [5.41, 5.74) is 0.290. The van der Waals surface area contributed by atoms with Crippen molar-refractivity contribution < 1.29 is 15.0 Å². The number of carbonyl (C=O) groups is 1. The first-order valence-corrected chi connectivity index (χ1v) is 14.5. The Balaban J connectivity index is 1.25. The van der Waals surface area contributed by atoms with E-state index < -0.39 is 0 Å². The van der Waals surface area contributed by atoms with Gasteiger partial charge >= 0.3 is 0 Å². The molecule has 0 radical (unpaired) electrons. The molecule has 0 spiro atoms. The van der Waals surface area contributed by atoms with Crippen LogP contribution in [0.5, 0.6) is 0 Å². The van der Waals surface area contributed by atoms with Crippen molar-refractivity contribution in [2.75, 3.05) is 33.2 Å². The Kier molecular flexibility index (Phi) is 6.87. The van der Waals surface area contributed by atoms with Gasteiger partial charge in [0.15, 0.2) is 0 Å². The minimum atomic E-state index is -0.232. The van der Waals surface area contributed by atoms with E-state index in [0.717, 1.165) is 64.2 Å². The molecule has 5 aliphatic rings. The van der Waals surface area contributed by atoms with Crippen LogP contribution in [-0.4, -0.2) is 71.4 Å². The van der Waals surface area contributed by atoms with Crippen LogP contribution in [0, 0.1) is 46.3 Å². The molecule has 5 heteroatoms. The van der Waals surface area contributed by atoms with E-state index in [4.69, 9.17) is 0 Å². The SMILES string of the molecule is C[C@H](CCC(=O)N1CCN(C)CC1)[C@H]1CC[C@H]2[C@@H]3CC[C@@H]4C[C@H](O)CC[C@]4(C)[C@H]3C[C@H](O)[C@]12C. The number of likely N-dealkylation sites (N-methyl/N-ethyl adjacent to an activating group) is 1. The molecule has 4 aliphatic carbocycles. The highest BCUT2D eigenvalue weighted by molar-refractivity contribution is 5.76. The highest BCUT2D eigenvalue weighted by atomic mass is 16.3. The van der Waals surface area contributed by atoms with Crippen molar-refractivity contribution in [3.05, 3.63) is 0 Å². The van der Waals surface area contributed by atoms with Crippen molar-refractivity contribution in [3.8, 4) is 0 Å². The van der Waals surface area contributed by atoms with Crippen molar-refractivity contribution in [2.45, 2.75) is 97.2 Å². The predicted octanol–water partition coefficient (Wildman–Crippen LogP) is 4.17. The van der Waals surface area contributed by atoms with Gasteiger partial charge in [0.25, 0.3) is 0 Å². The number of nitrogens with zero attached hydrogens (tertiary/aromatic N) is 2. The molecule has 1 amide bonds. The molecular weight excluding hydrogens is 424 g/mol. The molecule has 194 valence electrons. The third-order valence-corrected chi connectivity index (χ3v) is 12.2. The Labute approximate surface area is 207 Å². The standard InChI is InChI=1S/C29H50N2O3/c1-19(5-10-27(34)31-15-13-30(4)14-16-31)23-8-9-24-22-7-6-20-17-21(32)11-12-28(20,2)25(22)18-26(33)29(23,24)3/h19-26,32-33H,5-18H2,1-4H3/t19-,20-,21-,22+,23-,24+,25+,26+,28+,29-/m1/s1. The summed E-state index contributed by atoms with van der Waals surface area (Å²) in [6.07, 6.45) is 10.3. The Morgan fingerprint density at radius 1 is 0.971 bits per heavy atom. The van der Waals surface area contributed by atoms with Gasteiger partial charge < -0.3 is 20.0 Å². The van der Waals surface area contributed by atoms with Gasteiger partial charge in [-0.2, -0.15) is 0 Å². The first kappa shape index (κ1) is 25.0. The van der Waals surface area contributed by atoms with Gasteiger partial charge in [0.05, 0.1) is 12.2 Å². The summed E-state index contributed by atoms with van der Waals surface area (Å²) in [5, 5.41) is 22.0. The maximum atomic E-state index is 12.9. The highest BCUT2D eigenvalue weighted by Crippen LogP contribution is 2.68. The number of fused-ring (bicyclic) bond motifs is 5. The van der Waals surface area contributed by atoms with E-state index >= 15 is 0 Å². The molecule has 0 aromatic carbocycles. The number of aliphatic hydroxyl groups is 2. The van der Waals surface area contributed by atoms with Crippen LogP contribution in [0.2, 0.25) is 0 Å². The molecule has 2 N–H and O–H groups in total. The fourth-order valence-corrected chi connectivity index (χ4v) is 9.93. The van der Waals surface area contributed by atoms with Crippen LogP contribution in [-0.2, 0) is 4.79 Å². The van der Waals surface area contributed by atoms with Crippen LogP contribution in [0.3, 0.4) is 0 Å². The molecular formula is C29H50N2O3. The first-order valence-electron chi connectivity index (χ1n) is 14.5. The number of aliphatic hydroxyl groups excluding tert-OH is 2. The van der Waals surface area contributed by atoms with Crippen LogP contribution >= 0.6 is 0 Å². The van der Waals surface area contributed by atoms with Crippen molar-refractivity contribution in [3.63, 3.8) is 0 Å². The van der Waals surface area contributed by atoms with E-state index in [-0.39, 0.29) is 17.6 Å². The van der Waals surface area contributed by atoms with Gasteiger partial charge in [-0.3, -0.25) is 4.79 Å². The lowest BCUT2D eigenvalue weighted by Crippen LogP contribution is -2.58. The maximum Gasteiger partial charge on any atom is 0.222 e. The summed E-state index contributed by atoms with van der Waals surface area (Å²) < 4.78 is 0. The second-order valence-corrected chi connectivity index (χ2v) is 13.6. The Morgan fingerprint density at radius 2 is 1.71 bits per heavy atom. The van der Waals surface area contributed by atoms with Gasteiger partial charge in [-0.05, 0) is 111 Å². The lowest BCUT2D eigenvalue weighted by atomic mass is 9.43. The number of carbonyl (C=O) groups excluding carboxylic acids is 1. The molecule has 0 unspecified atom stereocenters. The van der Waals surface area contributed by atoms with Crippen molar-refractivity contribution in [1.82, 2.24) is 9.80 Å². The summed E-state index contributed by atoms with van der Waals surface area (Å²) in [5.74, 6) is 3.92. The molecule has 0 bridgehead atoms. The average molecular weight is 475 g/mol. The molecule has 5 rings (SSSR count). The average Bonchev–Trinajstić information content (AvgIpc) is 3.18. The van der Waals surface area contributed by atoms with Gasteiger partial charge in [-0.25, -0.2) is 0 Å². The topological polar surface area (TPSA) is 64.0 Å². The minimum Gasteiger partial charge on any atom is -0.393 e. The zero-order valence-electron chi connectivity index (χ0n) is 22.2. The summed E-state index contributed by atoms with van der Waals surface area (Å²) >= 11 is 0. The molecule has 1 heterocycles. The largest absolute Gasteiger partial charge is 0.393 e. The molecule has 0 aromatic heterocycles. The third kappa shape index (κ3) is 4.06. The summed E-state index contributed by atoms with van der Waals surface area (Å²) in [6.45, 7) is 11.0. The van der Waals surface area contributed by atoms with E-state index in [1.807, 2.05) is 0 Å². The lowest BCUT2D eigenvalue weighted by Gasteiger charge is -2.62. The molecule has 0 aromatic rings. The number of hydrogen-bond acceptors (Lipinski definition) is 4. The summed E-state index contributed by atoms with van der Waals surface area (Å²) in [6, 6.07) is 0. The number of amides is 1. The van der Waals surface area contributed by atoms with Gasteiger partial charge in [0.2, 0.25) is 5.91 Å². The van der Waals surface area contributed by atoms with Gasteiger partial charge in [-0.15, -0.1) is 0 Å². The smallest absolute Gasteiger partial charge is 0.222 e. The number of rotatable bonds is 4.